The third-order valence-corrected chi connectivity index (χ3v) is 3.69. The largest absolute Gasteiger partial charge is 0.496 e. The van der Waals surface area contributed by atoms with Gasteiger partial charge in [0, 0.05) is 5.02 Å². The number of hydrogen-bond donors (Lipinski definition) is 1. The Kier molecular flexibility index (Phi) is 6.24. The number of nitro groups is 1. The lowest BCUT2D eigenvalue weighted by molar-refractivity contribution is -0.386. The fraction of sp³-hybridized carbons (Fsp3) is 0.235. The highest BCUT2D eigenvalue weighted by Gasteiger charge is 2.23. The summed E-state index contributed by atoms with van der Waals surface area (Å²) < 4.78 is 15.6. The van der Waals surface area contributed by atoms with Crippen molar-refractivity contribution in [3.8, 4) is 17.2 Å². The molecule has 2 aromatic carbocycles. The van der Waals surface area contributed by atoms with Gasteiger partial charge in [-0.15, -0.1) is 0 Å². The molecule has 0 saturated heterocycles. The number of carbonyl (C=O) groups is 1. The van der Waals surface area contributed by atoms with Crippen LogP contribution in [0.2, 0.25) is 5.02 Å². The summed E-state index contributed by atoms with van der Waals surface area (Å²) in [5.74, 6) is 0.169. The van der Waals surface area contributed by atoms with Gasteiger partial charge in [0.25, 0.3) is 5.91 Å². The van der Waals surface area contributed by atoms with Crippen molar-refractivity contribution >= 4 is 28.9 Å². The number of rotatable bonds is 7. The standard InChI is InChI=1S/C17H17ClN2O6/c1-10(17(21)19-13-8-11(18)4-6-15(13)25-3)26-16-7-5-12(24-2)9-14(16)20(22)23/h4-10H,1-3H3,(H,19,21). The molecule has 0 saturated carbocycles. The molecule has 1 N–H and O–H groups in total. The van der Waals surface area contributed by atoms with Crippen LogP contribution in [0, 0.1) is 10.1 Å². The average Bonchev–Trinajstić information content (AvgIpc) is 2.62. The molecule has 8 nitrogen and oxygen atoms in total. The van der Waals surface area contributed by atoms with Gasteiger partial charge >= 0.3 is 5.69 Å². The molecule has 138 valence electrons. The Hall–Kier alpha value is -3.00. The van der Waals surface area contributed by atoms with Crippen LogP contribution in [-0.2, 0) is 4.79 Å². The van der Waals surface area contributed by atoms with Crippen LogP contribution in [0.4, 0.5) is 11.4 Å². The van der Waals surface area contributed by atoms with Crippen molar-refractivity contribution in [3.63, 3.8) is 0 Å². The van der Waals surface area contributed by atoms with Gasteiger partial charge in [0.1, 0.15) is 11.5 Å². The second-order valence-electron chi connectivity index (χ2n) is 5.18. The van der Waals surface area contributed by atoms with Crippen LogP contribution in [0.5, 0.6) is 17.2 Å². The SMILES string of the molecule is COc1ccc(OC(C)C(=O)Nc2cc(Cl)ccc2OC)c([N+](=O)[O-])c1. The van der Waals surface area contributed by atoms with Gasteiger partial charge < -0.3 is 19.5 Å². The van der Waals surface area contributed by atoms with Crippen molar-refractivity contribution in [2.45, 2.75) is 13.0 Å². The molecule has 0 aliphatic heterocycles. The summed E-state index contributed by atoms with van der Waals surface area (Å²) in [6.45, 7) is 1.47. The minimum absolute atomic E-state index is 0.0449. The number of nitrogens with zero attached hydrogens (tertiary/aromatic N) is 1. The number of anilines is 1. The van der Waals surface area contributed by atoms with Crippen molar-refractivity contribution < 1.29 is 23.9 Å². The van der Waals surface area contributed by atoms with Crippen LogP contribution in [0.3, 0.4) is 0 Å². The summed E-state index contributed by atoms with van der Waals surface area (Å²) in [7, 11) is 2.85. The van der Waals surface area contributed by atoms with Crippen molar-refractivity contribution in [2.24, 2.45) is 0 Å². The van der Waals surface area contributed by atoms with E-state index in [1.807, 2.05) is 0 Å². The molecule has 2 rings (SSSR count). The first kappa shape index (κ1) is 19.3. The first-order valence-electron chi connectivity index (χ1n) is 7.49. The van der Waals surface area contributed by atoms with E-state index in [2.05, 4.69) is 5.32 Å². The molecular formula is C17H17ClN2O6. The van der Waals surface area contributed by atoms with Crippen molar-refractivity contribution in [3.05, 3.63) is 51.5 Å². The van der Waals surface area contributed by atoms with Gasteiger partial charge in [0.05, 0.1) is 30.9 Å². The third-order valence-electron chi connectivity index (χ3n) is 3.46. The van der Waals surface area contributed by atoms with Gasteiger partial charge in [0.15, 0.2) is 11.9 Å². The van der Waals surface area contributed by atoms with Crippen molar-refractivity contribution in [1.29, 1.82) is 0 Å². The highest BCUT2D eigenvalue weighted by Crippen LogP contribution is 2.32. The van der Waals surface area contributed by atoms with Gasteiger partial charge in [-0.25, -0.2) is 0 Å². The number of nitro benzene ring substituents is 1. The monoisotopic (exact) mass is 380 g/mol. The first-order valence-corrected chi connectivity index (χ1v) is 7.87. The molecule has 1 unspecified atom stereocenters. The predicted molar refractivity (Wildman–Crippen MR) is 96.4 cm³/mol. The fourth-order valence-corrected chi connectivity index (χ4v) is 2.29. The summed E-state index contributed by atoms with van der Waals surface area (Å²) in [6.07, 6.45) is -1.01. The van der Waals surface area contributed by atoms with Gasteiger partial charge in [-0.3, -0.25) is 14.9 Å². The van der Waals surface area contributed by atoms with Gasteiger partial charge in [0.2, 0.25) is 0 Å². The van der Waals surface area contributed by atoms with E-state index in [0.29, 0.717) is 22.2 Å². The zero-order chi connectivity index (χ0) is 19.3. The average molecular weight is 381 g/mol. The number of carbonyl (C=O) groups excluding carboxylic acids is 1. The quantitative estimate of drug-likeness (QED) is 0.581. The van der Waals surface area contributed by atoms with E-state index in [1.54, 1.807) is 12.1 Å². The Morgan fingerprint density at radius 2 is 1.85 bits per heavy atom. The molecule has 0 aliphatic carbocycles. The second kappa shape index (κ2) is 8.39. The maximum absolute atomic E-state index is 12.4. The zero-order valence-electron chi connectivity index (χ0n) is 14.3. The maximum atomic E-state index is 12.4. The topological polar surface area (TPSA) is 99.9 Å². The van der Waals surface area contributed by atoms with E-state index in [4.69, 9.17) is 25.8 Å². The molecule has 9 heteroatoms. The second-order valence-corrected chi connectivity index (χ2v) is 5.62. The molecule has 0 spiro atoms. The third kappa shape index (κ3) is 4.54. The molecular weight excluding hydrogens is 364 g/mol. The predicted octanol–water partition coefficient (Wildman–Crippen LogP) is 3.67. The lowest BCUT2D eigenvalue weighted by atomic mass is 10.2. The van der Waals surface area contributed by atoms with Crippen LogP contribution in [0.15, 0.2) is 36.4 Å². The van der Waals surface area contributed by atoms with Gasteiger partial charge in [-0.1, -0.05) is 11.6 Å². The number of hydrogen-bond acceptors (Lipinski definition) is 6. The maximum Gasteiger partial charge on any atom is 0.314 e. The van der Waals surface area contributed by atoms with Crippen molar-refractivity contribution in [2.75, 3.05) is 19.5 Å². The highest BCUT2D eigenvalue weighted by molar-refractivity contribution is 6.31. The molecule has 2 aromatic rings. The Bertz CT molecular complexity index is 827. The van der Waals surface area contributed by atoms with Crippen molar-refractivity contribution in [1.82, 2.24) is 0 Å². The Balaban J connectivity index is 2.17. The molecule has 26 heavy (non-hydrogen) atoms. The number of ether oxygens (including phenoxy) is 3. The molecule has 0 aromatic heterocycles. The van der Waals surface area contributed by atoms with Crippen LogP contribution >= 0.6 is 11.6 Å². The molecule has 1 amide bonds. The molecule has 1 atom stereocenters. The smallest absolute Gasteiger partial charge is 0.314 e. The Morgan fingerprint density at radius 1 is 1.15 bits per heavy atom. The zero-order valence-corrected chi connectivity index (χ0v) is 15.1. The van der Waals surface area contributed by atoms with E-state index in [-0.39, 0.29) is 11.4 Å². The normalized spacial score (nSPS) is 11.4. The van der Waals surface area contributed by atoms with E-state index in [9.17, 15) is 14.9 Å². The summed E-state index contributed by atoms with van der Waals surface area (Å²) in [4.78, 5) is 23.0. The van der Waals surface area contributed by atoms with E-state index < -0.39 is 16.9 Å². The van der Waals surface area contributed by atoms with E-state index >= 15 is 0 Å². The molecule has 0 bridgehead atoms. The summed E-state index contributed by atoms with van der Waals surface area (Å²) in [5, 5.41) is 14.2. The summed E-state index contributed by atoms with van der Waals surface area (Å²) in [6, 6.07) is 8.86. The highest BCUT2D eigenvalue weighted by atomic mass is 35.5. The van der Waals surface area contributed by atoms with Crippen LogP contribution in [0.1, 0.15) is 6.92 Å². The summed E-state index contributed by atoms with van der Waals surface area (Å²) >= 11 is 5.93. The number of amides is 1. The van der Waals surface area contributed by atoms with E-state index in [1.165, 1.54) is 45.4 Å². The number of halogens is 1. The summed E-state index contributed by atoms with van der Waals surface area (Å²) in [5.41, 5.74) is 0.0639. The number of methoxy groups -OCH3 is 2. The molecule has 0 heterocycles. The fourth-order valence-electron chi connectivity index (χ4n) is 2.12. The molecule has 0 aliphatic rings. The van der Waals surface area contributed by atoms with Crippen LogP contribution < -0.4 is 19.5 Å². The Labute approximate surface area is 154 Å². The first-order chi connectivity index (χ1) is 12.3. The van der Waals surface area contributed by atoms with Gasteiger partial charge in [-0.2, -0.15) is 0 Å². The number of benzene rings is 2. The molecule has 0 fully saturated rings. The lowest BCUT2D eigenvalue weighted by Gasteiger charge is -2.16. The Morgan fingerprint density at radius 3 is 2.46 bits per heavy atom. The lowest BCUT2D eigenvalue weighted by Crippen LogP contribution is -2.30. The minimum Gasteiger partial charge on any atom is -0.496 e. The minimum atomic E-state index is -1.01. The molecule has 0 radical (unpaired) electrons. The van der Waals surface area contributed by atoms with Gasteiger partial charge in [-0.05, 0) is 37.3 Å². The van der Waals surface area contributed by atoms with E-state index in [0.717, 1.165) is 0 Å². The van der Waals surface area contributed by atoms with Crippen LogP contribution in [-0.4, -0.2) is 31.2 Å². The van der Waals surface area contributed by atoms with Crippen LogP contribution in [0.25, 0.3) is 0 Å². The number of nitrogens with one attached hydrogen (secondary N) is 1.